The van der Waals surface area contributed by atoms with Gasteiger partial charge in [-0.3, -0.25) is 0 Å². The van der Waals surface area contributed by atoms with Gasteiger partial charge in [0.2, 0.25) is 0 Å². The van der Waals surface area contributed by atoms with Crippen LogP contribution in [0.25, 0.3) is 32.7 Å². The highest BCUT2D eigenvalue weighted by Crippen LogP contribution is 2.33. The van der Waals surface area contributed by atoms with Gasteiger partial charge in [0.05, 0.1) is 5.56 Å². The molecule has 0 fully saturated rings. The smallest absolute Gasteiger partial charge is 0.141 e. The Morgan fingerprint density at radius 1 is 0.767 bits per heavy atom. The minimum Gasteiger partial charge on any atom is -0.206 e. The molecule has 0 spiro atoms. The molecule has 0 aromatic heterocycles. The molecule has 0 atom stereocenters. The Bertz CT molecular complexity index is 1270. The first-order valence-electron chi connectivity index (χ1n) is 10.5. The quantitative estimate of drug-likeness (QED) is 0.238. The molecule has 4 aromatic carbocycles. The fourth-order valence-electron chi connectivity index (χ4n) is 4.04. The maximum Gasteiger partial charge on any atom is 0.141 e. The third kappa shape index (κ3) is 3.91. The highest BCUT2D eigenvalue weighted by Gasteiger charge is 2.12. The van der Waals surface area contributed by atoms with Crippen LogP contribution in [0, 0.1) is 23.0 Å². The van der Waals surface area contributed by atoms with Crippen molar-refractivity contribution >= 4 is 21.5 Å². The first-order chi connectivity index (χ1) is 14.6. The molecule has 0 radical (unpaired) electrons. The van der Waals surface area contributed by atoms with E-state index in [9.17, 15) is 8.78 Å². The summed E-state index contributed by atoms with van der Waals surface area (Å²) in [5, 5.41) is 12.8. The second-order valence-electron chi connectivity index (χ2n) is 7.79. The van der Waals surface area contributed by atoms with Gasteiger partial charge in [0, 0.05) is 5.56 Å². The topological polar surface area (TPSA) is 23.8 Å². The molecule has 30 heavy (non-hydrogen) atoms. The zero-order chi connectivity index (χ0) is 21.1. The van der Waals surface area contributed by atoms with Crippen LogP contribution in [0.4, 0.5) is 8.78 Å². The molecule has 4 aromatic rings. The van der Waals surface area contributed by atoms with Crippen LogP contribution >= 0.6 is 0 Å². The van der Waals surface area contributed by atoms with Gasteiger partial charge in [0.1, 0.15) is 17.7 Å². The van der Waals surface area contributed by atoms with Gasteiger partial charge in [-0.15, -0.1) is 0 Å². The highest BCUT2D eigenvalue weighted by atomic mass is 19.1. The van der Waals surface area contributed by atoms with Crippen molar-refractivity contribution < 1.29 is 8.78 Å². The lowest BCUT2D eigenvalue weighted by molar-refractivity contribution is 0.622. The predicted octanol–water partition coefficient (Wildman–Crippen LogP) is 7.93. The number of fused-ring (bicyclic) bond motifs is 3. The van der Waals surface area contributed by atoms with E-state index >= 15 is 0 Å². The van der Waals surface area contributed by atoms with Gasteiger partial charge < -0.3 is 0 Å². The van der Waals surface area contributed by atoms with E-state index in [0.717, 1.165) is 28.0 Å². The first kappa shape index (κ1) is 20.0. The number of hydrogen-bond donors (Lipinski definition) is 0. The van der Waals surface area contributed by atoms with Crippen molar-refractivity contribution in [2.75, 3.05) is 0 Å². The summed E-state index contributed by atoms with van der Waals surface area (Å²) in [5.41, 5.74) is 2.02. The molecule has 0 aliphatic heterocycles. The minimum absolute atomic E-state index is 0.0450. The Hall–Kier alpha value is -3.25. The second-order valence-corrected chi connectivity index (χ2v) is 7.79. The highest BCUT2D eigenvalue weighted by molar-refractivity contribution is 6.08. The van der Waals surface area contributed by atoms with Crippen molar-refractivity contribution in [1.82, 2.24) is 0 Å². The molecule has 0 saturated heterocycles. The van der Waals surface area contributed by atoms with Gasteiger partial charge >= 0.3 is 0 Å². The third-order valence-electron chi connectivity index (χ3n) is 5.71. The van der Waals surface area contributed by atoms with Gasteiger partial charge in [-0.05, 0) is 69.8 Å². The molecule has 4 rings (SSSR count). The molecule has 0 aliphatic carbocycles. The molecule has 3 heteroatoms. The minimum atomic E-state index is -0.639. The standard InChI is InChI=1S/C27H23F2N/c1-2-3-4-5-6-18-7-12-23-19(13-18)8-9-20-14-25(27(29)16-24(20)23)21-10-11-22(17-30)26(28)15-21/h7-16H,2-6H2,1H3. The molecule has 1 nitrogen and oxygen atoms in total. The number of hydrogen-bond acceptors (Lipinski definition) is 1. The molecule has 0 unspecified atom stereocenters. The summed E-state index contributed by atoms with van der Waals surface area (Å²) >= 11 is 0. The van der Waals surface area contributed by atoms with Crippen molar-refractivity contribution in [1.29, 1.82) is 5.26 Å². The van der Waals surface area contributed by atoms with Gasteiger partial charge in [-0.25, -0.2) is 8.78 Å². The molecule has 0 amide bonds. The van der Waals surface area contributed by atoms with Gasteiger partial charge in [0.25, 0.3) is 0 Å². The molecule has 0 heterocycles. The maximum atomic E-state index is 15.0. The molecular weight excluding hydrogens is 376 g/mol. The summed E-state index contributed by atoms with van der Waals surface area (Å²) in [4.78, 5) is 0. The summed E-state index contributed by atoms with van der Waals surface area (Å²) < 4.78 is 29.0. The normalized spacial score (nSPS) is 11.1. The monoisotopic (exact) mass is 399 g/mol. The van der Waals surface area contributed by atoms with E-state index in [-0.39, 0.29) is 5.56 Å². The number of unbranched alkanes of at least 4 members (excludes halogenated alkanes) is 3. The van der Waals surface area contributed by atoms with Crippen LogP contribution in [-0.4, -0.2) is 0 Å². The summed E-state index contributed by atoms with van der Waals surface area (Å²) in [5.74, 6) is -1.04. The van der Waals surface area contributed by atoms with Gasteiger partial charge in [-0.2, -0.15) is 5.26 Å². The maximum absolute atomic E-state index is 15.0. The van der Waals surface area contributed by atoms with Crippen LogP contribution in [0.2, 0.25) is 0 Å². The number of aryl methyl sites for hydroxylation is 1. The summed E-state index contributed by atoms with van der Waals surface area (Å²) in [7, 11) is 0. The Morgan fingerprint density at radius 2 is 1.57 bits per heavy atom. The summed E-state index contributed by atoms with van der Waals surface area (Å²) in [6.07, 6.45) is 5.99. The van der Waals surface area contributed by atoms with E-state index < -0.39 is 11.6 Å². The van der Waals surface area contributed by atoms with E-state index in [1.807, 2.05) is 6.07 Å². The lowest BCUT2D eigenvalue weighted by Crippen LogP contribution is -1.91. The lowest BCUT2D eigenvalue weighted by atomic mass is 9.95. The fraction of sp³-hybridized carbons (Fsp3) is 0.222. The van der Waals surface area contributed by atoms with Crippen LogP contribution in [0.15, 0.2) is 60.7 Å². The van der Waals surface area contributed by atoms with Crippen molar-refractivity contribution in [2.24, 2.45) is 0 Å². The summed E-state index contributed by atoms with van der Waals surface area (Å²) in [6.45, 7) is 2.21. The second kappa shape index (κ2) is 8.63. The van der Waals surface area contributed by atoms with Crippen molar-refractivity contribution in [3.63, 3.8) is 0 Å². The number of nitrogens with zero attached hydrogens (tertiary/aromatic N) is 1. The van der Waals surface area contributed by atoms with Crippen LogP contribution in [-0.2, 0) is 6.42 Å². The third-order valence-corrected chi connectivity index (χ3v) is 5.71. The number of halogens is 2. The largest absolute Gasteiger partial charge is 0.206 e. The van der Waals surface area contributed by atoms with Crippen molar-refractivity contribution in [2.45, 2.75) is 39.0 Å². The molecular formula is C27H23F2N. The average Bonchev–Trinajstić information content (AvgIpc) is 2.76. The SMILES string of the molecule is CCCCCCc1ccc2c(ccc3cc(-c4ccc(C#N)c(F)c4)c(F)cc32)c1. The Balaban J connectivity index is 1.72. The van der Waals surface area contributed by atoms with Crippen molar-refractivity contribution in [3.05, 3.63) is 83.4 Å². The Labute approximate surface area is 175 Å². The number of nitriles is 1. The summed E-state index contributed by atoms with van der Waals surface area (Å²) in [6, 6.07) is 19.7. The average molecular weight is 399 g/mol. The molecule has 0 aliphatic rings. The lowest BCUT2D eigenvalue weighted by Gasteiger charge is -2.10. The number of benzene rings is 4. The fourth-order valence-corrected chi connectivity index (χ4v) is 4.04. The predicted molar refractivity (Wildman–Crippen MR) is 119 cm³/mol. The Morgan fingerprint density at radius 3 is 2.30 bits per heavy atom. The van der Waals surface area contributed by atoms with Gasteiger partial charge in [0.15, 0.2) is 0 Å². The van der Waals surface area contributed by atoms with Crippen molar-refractivity contribution in [3.8, 4) is 17.2 Å². The van der Waals surface area contributed by atoms with E-state index in [4.69, 9.17) is 5.26 Å². The molecule has 0 N–H and O–H groups in total. The molecule has 150 valence electrons. The Kier molecular flexibility index (Phi) is 5.77. The molecule has 0 saturated carbocycles. The number of rotatable bonds is 6. The van der Waals surface area contributed by atoms with Crippen LogP contribution in [0.5, 0.6) is 0 Å². The van der Waals surface area contributed by atoms with E-state index in [1.165, 1.54) is 49.4 Å². The van der Waals surface area contributed by atoms with Crippen LogP contribution in [0.3, 0.4) is 0 Å². The first-order valence-corrected chi connectivity index (χ1v) is 10.5. The van der Waals surface area contributed by atoms with E-state index in [1.54, 1.807) is 18.2 Å². The zero-order valence-electron chi connectivity index (χ0n) is 17.0. The van der Waals surface area contributed by atoms with Crippen LogP contribution in [0.1, 0.15) is 43.7 Å². The zero-order valence-corrected chi connectivity index (χ0v) is 17.0. The molecule has 0 bridgehead atoms. The van der Waals surface area contributed by atoms with Crippen LogP contribution < -0.4 is 0 Å². The van der Waals surface area contributed by atoms with E-state index in [2.05, 4.69) is 31.2 Å². The van der Waals surface area contributed by atoms with E-state index in [0.29, 0.717) is 11.1 Å². The van der Waals surface area contributed by atoms with Gasteiger partial charge in [-0.1, -0.05) is 62.6 Å².